The highest BCUT2D eigenvalue weighted by atomic mass is 16.5. The van der Waals surface area contributed by atoms with E-state index in [1.165, 1.54) is 6.42 Å². The van der Waals surface area contributed by atoms with Gasteiger partial charge in [0.1, 0.15) is 0 Å². The first-order valence-corrected chi connectivity index (χ1v) is 6.14. The van der Waals surface area contributed by atoms with Gasteiger partial charge in [-0.1, -0.05) is 0 Å². The minimum Gasteiger partial charge on any atom is -0.378 e. The van der Waals surface area contributed by atoms with Crippen molar-refractivity contribution in [2.45, 2.75) is 57.6 Å². The Labute approximate surface area is 97.9 Å². The molecule has 1 atom stereocenters. The van der Waals surface area contributed by atoms with E-state index in [-0.39, 0.29) is 17.6 Å². The number of nitrogens with one attached hydrogen (secondary N) is 1. The Kier molecular flexibility index (Phi) is 5.22. The number of hydrogen-bond donors (Lipinski definition) is 2. The molecule has 3 N–H and O–H groups in total. The van der Waals surface area contributed by atoms with E-state index in [2.05, 4.69) is 5.32 Å². The number of carbonyl (C=O) groups is 1. The highest BCUT2D eigenvalue weighted by Crippen LogP contribution is 2.16. The van der Waals surface area contributed by atoms with Crippen molar-refractivity contribution in [2.24, 2.45) is 5.73 Å². The van der Waals surface area contributed by atoms with Crippen molar-refractivity contribution in [3.63, 3.8) is 0 Å². The van der Waals surface area contributed by atoms with Crippen LogP contribution >= 0.6 is 0 Å². The van der Waals surface area contributed by atoms with Crippen LogP contribution in [0.4, 0.5) is 0 Å². The molecule has 1 aliphatic heterocycles. The highest BCUT2D eigenvalue weighted by Gasteiger charge is 2.16. The molecule has 0 aromatic rings. The fourth-order valence-electron chi connectivity index (χ4n) is 1.74. The monoisotopic (exact) mass is 228 g/mol. The first-order chi connectivity index (χ1) is 7.47. The summed E-state index contributed by atoms with van der Waals surface area (Å²) in [4.78, 5) is 11.5. The second kappa shape index (κ2) is 6.21. The summed E-state index contributed by atoms with van der Waals surface area (Å²) in [6.07, 6.45) is 5.13. The molecule has 0 bridgehead atoms. The van der Waals surface area contributed by atoms with Gasteiger partial charge in [-0.25, -0.2) is 0 Å². The molecule has 0 saturated carbocycles. The Morgan fingerprint density at radius 3 is 2.81 bits per heavy atom. The summed E-state index contributed by atoms with van der Waals surface area (Å²) in [5, 5.41) is 2.84. The molecule has 0 spiro atoms. The zero-order chi connectivity index (χ0) is 12.0. The second-order valence-corrected chi connectivity index (χ2v) is 5.29. The van der Waals surface area contributed by atoms with Gasteiger partial charge in [0.15, 0.2) is 0 Å². The van der Waals surface area contributed by atoms with Crippen molar-refractivity contribution >= 4 is 5.91 Å². The Morgan fingerprint density at radius 1 is 1.50 bits per heavy atom. The lowest BCUT2D eigenvalue weighted by Gasteiger charge is -2.23. The standard InChI is InChI=1S/C12H24N2O2/c1-12(2,13)9-14-11(15)7-6-10-5-3-4-8-16-10/h10H,3-9,13H2,1-2H3,(H,14,15). The Hall–Kier alpha value is -0.610. The van der Waals surface area contributed by atoms with E-state index in [0.29, 0.717) is 13.0 Å². The Bertz CT molecular complexity index is 218. The molecule has 0 aromatic carbocycles. The average molecular weight is 228 g/mol. The van der Waals surface area contributed by atoms with Crippen LogP contribution in [0.1, 0.15) is 46.0 Å². The molecule has 1 amide bonds. The van der Waals surface area contributed by atoms with Crippen molar-refractivity contribution in [1.29, 1.82) is 0 Å². The van der Waals surface area contributed by atoms with Gasteiger partial charge in [-0.15, -0.1) is 0 Å². The molecule has 1 rings (SSSR count). The lowest BCUT2D eigenvalue weighted by atomic mass is 10.0. The van der Waals surface area contributed by atoms with E-state index < -0.39 is 0 Å². The zero-order valence-electron chi connectivity index (χ0n) is 10.4. The molecule has 0 aromatic heterocycles. The highest BCUT2D eigenvalue weighted by molar-refractivity contribution is 5.75. The number of nitrogens with two attached hydrogens (primary N) is 1. The van der Waals surface area contributed by atoms with Gasteiger partial charge >= 0.3 is 0 Å². The van der Waals surface area contributed by atoms with E-state index in [9.17, 15) is 4.79 Å². The molecule has 0 radical (unpaired) electrons. The van der Waals surface area contributed by atoms with Crippen molar-refractivity contribution in [3.8, 4) is 0 Å². The summed E-state index contributed by atoms with van der Waals surface area (Å²) in [6.45, 7) is 5.18. The van der Waals surface area contributed by atoms with Gasteiger partial charge < -0.3 is 15.8 Å². The molecule has 1 aliphatic rings. The number of carbonyl (C=O) groups excluding carboxylic acids is 1. The molecule has 94 valence electrons. The van der Waals surface area contributed by atoms with Crippen molar-refractivity contribution in [2.75, 3.05) is 13.2 Å². The maximum Gasteiger partial charge on any atom is 0.220 e. The predicted octanol–water partition coefficient (Wildman–Crippen LogP) is 1.19. The average Bonchev–Trinajstić information content (AvgIpc) is 2.24. The van der Waals surface area contributed by atoms with Gasteiger partial charge in [-0.3, -0.25) is 4.79 Å². The fraction of sp³-hybridized carbons (Fsp3) is 0.917. The van der Waals surface area contributed by atoms with Gasteiger partial charge in [0.25, 0.3) is 0 Å². The summed E-state index contributed by atoms with van der Waals surface area (Å²) < 4.78 is 5.57. The van der Waals surface area contributed by atoms with Gasteiger partial charge in [0.2, 0.25) is 5.91 Å². The van der Waals surface area contributed by atoms with Crippen LogP contribution in [0.3, 0.4) is 0 Å². The van der Waals surface area contributed by atoms with E-state index in [4.69, 9.17) is 10.5 Å². The molecule has 1 fully saturated rings. The fourth-order valence-corrected chi connectivity index (χ4v) is 1.74. The number of rotatable bonds is 5. The van der Waals surface area contributed by atoms with Crippen LogP contribution in [0.25, 0.3) is 0 Å². The molecular weight excluding hydrogens is 204 g/mol. The maximum absolute atomic E-state index is 11.5. The molecule has 1 unspecified atom stereocenters. The van der Waals surface area contributed by atoms with Crippen LogP contribution < -0.4 is 11.1 Å². The summed E-state index contributed by atoms with van der Waals surface area (Å²) in [6, 6.07) is 0. The molecule has 0 aliphatic carbocycles. The third-order valence-corrected chi connectivity index (χ3v) is 2.71. The zero-order valence-corrected chi connectivity index (χ0v) is 10.4. The summed E-state index contributed by atoms with van der Waals surface area (Å²) in [7, 11) is 0. The van der Waals surface area contributed by atoms with Gasteiger partial charge in [-0.2, -0.15) is 0 Å². The van der Waals surface area contributed by atoms with Crippen LogP contribution in [0.2, 0.25) is 0 Å². The van der Waals surface area contributed by atoms with Crippen molar-refractivity contribution < 1.29 is 9.53 Å². The van der Waals surface area contributed by atoms with Crippen LogP contribution in [-0.4, -0.2) is 30.7 Å². The lowest BCUT2D eigenvalue weighted by molar-refractivity contribution is -0.122. The summed E-state index contributed by atoms with van der Waals surface area (Å²) in [5.74, 6) is 0.0766. The molecule has 1 saturated heterocycles. The largest absolute Gasteiger partial charge is 0.378 e. The first kappa shape index (κ1) is 13.5. The minimum atomic E-state index is -0.336. The normalized spacial score (nSPS) is 21.8. The Morgan fingerprint density at radius 2 is 2.25 bits per heavy atom. The number of hydrogen-bond acceptors (Lipinski definition) is 3. The smallest absolute Gasteiger partial charge is 0.220 e. The van der Waals surface area contributed by atoms with Crippen molar-refractivity contribution in [1.82, 2.24) is 5.32 Å². The summed E-state index contributed by atoms with van der Waals surface area (Å²) in [5.41, 5.74) is 5.45. The van der Waals surface area contributed by atoms with Crippen molar-refractivity contribution in [3.05, 3.63) is 0 Å². The molecule has 4 nitrogen and oxygen atoms in total. The van der Waals surface area contributed by atoms with Gasteiger partial charge in [0, 0.05) is 25.1 Å². The molecular formula is C12H24N2O2. The van der Waals surface area contributed by atoms with E-state index in [1.807, 2.05) is 13.8 Å². The maximum atomic E-state index is 11.5. The molecule has 4 heteroatoms. The van der Waals surface area contributed by atoms with Gasteiger partial charge in [0.05, 0.1) is 6.10 Å². The van der Waals surface area contributed by atoms with Crippen LogP contribution in [0.5, 0.6) is 0 Å². The second-order valence-electron chi connectivity index (χ2n) is 5.29. The third-order valence-electron chi connectivity index (χ3n) is 2.71. The first-order valence-electron chi connectivity index (χ1n) is 6.14. The molecule has 16 heavy (non-hydrogen) atoms. The summed E-state index contributed by atoms with van der Waals surface area (Å²) >= 11 is 0. The van der Waals surface area contributed by atoms with E-state index in [0.717, 1.165) is 25.9 Å². The lowest BCUT2D eigenvalue weighted by Crippen LogP contribution is -2.45. The number of amides is 1. The quantitative estimate of drug-likeness (QED) is 0.743. The Balaban J connectivity index is 2.09. The van der Waals surface area contributed by atoms with E-state index in [1.54, 1.807) is 0 Å². The van der Waals surface area contributed by atoms with Crippen LogP contribution in [0, 0.1) is 0 Å². The van der Waals surface area contributed by atoms with Gasteiger partial charge in [-0.05, 0) is 39.5 Å². The minimum absolute atomic E-state index is 0.0766. The number of ether oxygens (including phenoxy) is 1. The van der Waals surface area contributed by atoms with E-state index >= 15 is 0 Å². The van der Waals surface area contributed by atoms with Crippen LogP contribution in [0.15, 0.2) is 0 Å². The predicted molar refractivity (Wildman–Crippen MR) is 64.1 cm³/mol. The van der Waals surface area contributed by atoms with Crippen LogP contribution in [-0.2, 0) is 9.53 Å². The SMILES string of the molecule is CC(C)(N)CNC(=O)CCC1CCCCO1. The topological polar surface area (TPSA) is 64.3 Å². The third kappa shape index (κ3) is 6.08. The molecule has 1 heterocycles.